The Morgan fingerprint density at radius 2 is 1.64 bits per heavy atom. The van der Waals surface area contributed by atoms with Crippen LogP contribution in [0.25, 0.3) is 0 Å². The number of carbonyl (C=O) groups is 2. The molecule has 0 aromatic heterocycles. The lowest BCUT2D eigenvalue weighted by molar-refractivity contribution is -0.149. The Kier molecular flexibility index (Phi) is 9.60. The Labute approximate surface area is 255 Å². The molecule has 6 heteroatoms. The number of hydrogen-bond donors (Lipinski definition) is 3. The molecule has 0 aliphatic heterocycles. The number of aliphatic carboxylic acids is 1. The third-order valence-corrected chi connectivity index (χ3v) is 13.7. The standard InChI is InChI=1S/C32H54O4.C2H4O2.C2H2/c1-19(11-10-15-27(3,4)35)25-29(7)17-18-31-20(2)32(31)16-14-23(33)28(5,6)22(32)13-12-21(31)24(29)26(34)30(25,8)36-9;1-2(3)4;1-2/h19-25,33,35H,10-18H2,1-9H3;1H3,(H,3,4);1-2H/t19-,20+,21+,22?,23+,24?,25?,29+,30+,31+,32?;;/m1../s1. The van der Waals surface area contributed by atoms with E-state index in [2.05, 4.69) is 54.4 Å². The maximum absolute atomic E-state index is 14.5. The number of carboxylic acids is 1. The van der Waals surface area contributed by atoms with Gasteiger partial charge in [-0.15, -0.1) is 12.8 Å². The molecule has 0 aromatic rings. The van der Waals surface area contributed by atoms with Crippen LogP contribution in [-0.4, -0.2) is 51.5 Å². The molecule has 4 unspecified atom stereocenters. The van der Waals surface area contributed by atoms with Gasteiger partial charge in [-0.3, -0.25) is 9.59 Å². The van der Waals surface area contributed by atoms with E-state index in [4.69, 9.17) is 14.6 Å². The summed E-state index contributed by atoms with van der Waals surface area (Å²) >= 11 is 0. The third kappa shape index (κ3) is 4.89. The Morgan fingerprint density at radius 3 is 2.17 bits per heavy atom. The zero-order chi connectivity index (χ0) is 32.3. The molecular weight excluding hydrogens is 528 g/mol. The van der Waals surface area contributed by atoms with Gasteiger partial charge < -0.3 is 20.1 Å². The van der Waals surface area contributed by atoms with Crippen LogP contribution in [0, 0.1) is 70.0 Å². The molecule has 5 aliphatic rings. The summed E-state index contributed by atoms with van der Waals surface area (Å²) in [6.07, 6.45) is 17.2. The van der Waals surface area contributed by atoms with Gasteiger partial charge in [-0.25, -0.2) is 0 Å². The number of methoxy groups -OCH3 is 1. The second-order valence-corrected chi connectivity index (χ2v) is 16.3. The smallest absolute Gasteiger partial charge is 0.300 e. The molecule has 0 heterocycles. The van der Waals surface area contributed by atoms with Crippen molar-refractivity contribution in [2.75, 3.05) is 7.11 Å². The van der Waals surface area contributed by atoms with Crippen molar-refractivity contribution in [2.45, 2.75) is 137 Å². The van der Waals surface area contributed by atoms with Gasteiger partial charge in [-0.1, -0.05) is 47.5 Å². The first-order valence-electron chi connectivity index (χ1n) is 16.3. The van der Waals surface area contributed by atoms with Crippen molar-refractivity contribution in [3.05, 3.63) is 0 Å². The first-order chi connectivity index (χ1) is 19.3. The number of aliphatic hydroxyl groups excluding tert-OH is 1. The number of terminal acetylenes is 1. The molecule has 240 valence electrons. The summed E-state index contributed by atoms with van der Waals surface area (Å²) in [6, 6.07) is 0. The van der Waals surface area contributed by atoms with Crippen LogP contribution < -0.4 is 0 Å². The van der Waals surface area contributed by atoms with E-state index in [1.165, 1.54) is 6.42 Å². The van der Waals surface area contributed by atoms with E-state index in [1.807, 2.05) is 13.8 Å². The van der Waals surface area contributed by atoms with Crippen molar-refractivity contribution in [3.63, 3.8) is 0 Å². The molecule has 5 aliphatic carbocycles. The highest BCUT2D eigenvalue weighted by Crippen LogP contribution is 2.89. The average Bonchev–Trinajstić information content (AvgIpc) is 3.35. The van der Waals surface area contributed by atoms with E-state index >= 15 is 0 Å². The molecule has 0 aromatic carbocycles. The molecule has 11 atom stereocenters. The summed E-state index contributed by atoms with van der Waals surface area (Å²) in [6.45, 7) is 18.8. The lowest BCUT2D eigenvalue weighted by Gasteiger charge is -2.58. The number of carboxylic acid groups (broad SMARTS) is 1. The summed E-state index contributed by atoms with van der Waals surface area (Å²) in [5.74, 6) is 1.85. The zero-order valence-corrected chi connectivity index (χ0v) is 28.1. The minimum atomic E-state index is -0.833. The summed E-state index contributed by atoms with van der Waals surface area (Å²) in [5.41, 5.74) is -0.883. The largest absolute Gasteiger partial charge is 0.481 e. The fraction of sp³-hybridized carbons (Fsp3) is 0.889. The van der Waals surface area contributed by atoms with Crippen molar-refractivity contribution < 1.29 is 29.6 Å². The lowest BCUT2D eigenvalue weighted by Crippen LogP contribution is -2.55. The Balaban J connectivity index is 0.000000745. The molecule has 0 amide bonds. The fourth-order valence-corrected chi connectivity index (χ4v) is 12.2. The number of Topliss-reactive ketones (excluding diaryl/α,β-unsaturated/α-hetero) is 1. The molecule has 6 nitrogen and oxygen atoms in total. The second kappa shape index (κ2) is 11.5. The Bertz CT molecular complexity index is 1040. The fourth-order valence-electron chi connectivity index (χ4n) is 12.2. The van der Waals surface area contributed by atoms with E-state index < -0.39 is 17.2 Å². The SMILES string of the molecule is C#C.CC(=O)O.CO[C@]1(C)C(=O)C2[C@@H]3CCC4C(C)(C)[C@@H](O)CCC45[C@@H](C)[C@@]35CC[C@]2(C)C1[C@H](C)CCCC(C)(C)O. The molecule has 0 bridgehead atoms. The number of carbonyl (C=O) groups excluding carboxylic acids is 1. The molecule has 0 saturated heterocycles. The van der Waals surface area contributed by atoms with Gasteiger partial charge in [0.25, 0.3) is 5.97 Å². The van der Waals surface area contributed by atoms with Crippen molar-refractivity contribution in [2.24, 2.45) is 57.2 Å². The highest BCUT2D eigenvalue weighted by molar-refractivity contribution is 5.93. The molecule has 3 N–H and O–H groups in total. The molecule has 5 saturated carbocycles. The summed E-state index contributed by atoms with van der Waals surface area (Å²) in [7, 11) is 1.76. The molecule has 5 rings (SSSR count). The van der Waals surface area contributed by atoms with Crippen LogP contribution in [-0.2, 0) is 14.3 Å². The van der Waals surface area contributed by atoms with Crippen LogP contribution >= 0.6 is 0 Å². The average molecular weight is 589 g/mol. The van der Waals surface area contributed by atoms with Gasteiger partial charge >= 0.3 is 0 Å². The first kappa shape index (κ1) is 35.1. The van der Waals surface area contributed by atoms with E-state index in [-0.39, 0.29) is 34.2 Å². The van der Waals surface area contributed by atoms with Crippen LogP contribution in [0.4, 0.5) is 0 Å². The maximum Gasteiger partial charge on any atom is 0.300 e. The van der Waals surface area contributed by atoms with Gasteiger partial charge in [-0.05, 0) is 111 Å². The highest BCUT2D eigenvalue weighted by atomic mass is 16.5. The van der Waals surface area contributed by atoms with Crippen molar-refractivity contribution in [1.29, 1.82) is 0 Å². The maximum atomic E-state index is 14.5. The van der Waals surface area contributed by atoms with Crippen molar-refractivity contribution >= 4 is 11.8 Å². The monoisotopic (exact) mass is 588 g/mol. The molecule has 0 radical (unpaired) electrons. The Morgan fingerprint density at radius 1 is 1.07 bits per heavy atom. The van der Waals surface area contributed by atoms with Crippen LogP contribution in [0.5, 0.6) is 0 Å². The van der Waals surface area contributed by atoms with Gasteiger partial charge in [0, 0.05) is 25.9 Å². The van der Waals surface area contributed by atoms with Crippen molar-refractivity contribution in [3.8, 4) is 12.8 Å². The number of rotatable bonds is 6. The summed E-state index contributed by atoms with van der Waals surface area (Å²) in [5, 5.41) is 28.6. The highest BCUT2D eigenvalue weighted by Gasteiger charge is 2.86. The second-order valence-electron chi connectivity index (χ2n) is 16.3. The van der Waals surface area contributed by atoms with E-state index in [1.54, 1.807) is 7.11 Å². The van der Waals surface area contributed by atoms with Crippen molar-refractivity contribution in [1.82, 2.24) is 0 Å². The number of hydrogen-bond acceptors (Lipinski definition) is 5. The lowest BCUT2D eigenvalue weighted by atomic mass is 9.46. The minimum absolute atomic E-state index is 0.0358. The van der Waals surface area contributed by atoms with Crippen LogP contribution in [0.15, 0.2) is 0 Å². The number of aliphatic hydroxyl groups is 2. The zero-order valence-electron chi connectivity index (χ0n) is 28.1. The summed E-state index contributed by atoms with van der Waals surface area (Å²) in [4.78, 5) is 23.5. The number of ether oxygens (including phenoxy) is 1. The summed E-state index contributed by atoms with van der Waals surface area (Å²) < 4.78 is 6.22. The molecule has 42 heavy (non-hydrogen) atoms. The normalized spacial score (nSPS) is 45.3. The minimum Gasteiger partial charge on any atom is -0.481 e. The van der Waals surface area contributed by atoms with E-state index in [9.17, 15) is 15.0 Å². The topological polar surface area (TPSA) is 104 Å². The molecular formula is C36H60O6. The number of ketones is 1. The molecule has 5 fully saturated rings. The number of fused-ring (bicyclic) bond motifs is 2. The molecule has 2 spiro atoms. The van der Waals surface area contributed by atoms with Crippen LogP contribution in [0.1, 0.15) is 120 Å². The van der Waals surface area contributed by atoms with E-state index in [0.29, 0.717) is 34.9 Å². The van der Waals surface area contributed by atoms with Gasteiger partial charge in [0.05, 0.1) is 11.7 Å². The van der Waals surface area contributed by atoms with Crippen LogP contribution in [0.3, 0.4) is 0 Å². The van der Waals surface area contributed by atoms with Gasteiger partial charge in [0.2, 0.25) is 0 Å². The van der Waals surface area contributed by atoms with Gasteiger partial charge in [0.1, 0.15) is 5.60 Å². The predicted octanol–water partition coefficient (Wildman–Crippen LogP) is 6.75. The van der Waals surface area contributed by atoms with E-state index in [0.717, 1.165) is 58.3 Å². The quantitative estimate of drug-likeness (QED) is 0.297. The first-order valence-corrected chi connectivity index (χ1v) is 16.3. The van der Waals surface area contributed by atoms with Gasteiger partial charge in [0.15, 0.2) is 5.78 Å². The third-order valence-electron chi connectivity index (χ3n) is 13.7. The van der Waals surface area contributed by atoms with Gasteiger partial charge in [-0.2, -0.15) is 0 Å². The Hall–Kier alpha value is -1.42. The van der Waals surface area contributed by atoms with Crippen LogP contribution in [0.2, 0.25) is 0 Å². The predicted molar refractivity (Wildman–Crippen MR) is 167 cm³/mol.